The first-order valence-electron chi connectivity index (χ1n) is 8.96. The van der Waals surface area contributed by atoms with Crippen molar-refractivity contribution in [3.63, 3.8) is 0 Å². The number of rotatable bonds is 5. The Bertz CT molecular complexity index is 903. The van der Waals surface area contributed by atoms with Gasteiger partial charge in [0, 0.05) is 12.6 Å². The summed E-state index contributed by atoms with van der Waals surface area (Å²) in [7, 11) is 0. The van der Waals surface area contributed by atoms with Gasteiger partial charge in [-0.2, -0.15) is 0 Å². The van der Waals surface area contributed by atoms with Crippen molar-refractivity contribution in [2.45, 2.75) is 57.7 Å². The summed E-state index contributed by atoms with van der Waals surface area (Å²) in [5.74, 6) is -0.424. The summed E-state index contributed by atoms with van der Waals surface area (Å²) >= 11 is 0. The minimum absolute atomic E-state index is 0.115. The Morgan fingerprint density at radius 1 is 1.36 bits per heavy atom. The van der Waals surface area contributed by atoms with E-state index in [1.54, 1.807) is 0 Å². The molecule has 1 saturated carbocycles. The number of hydrogen-bond donors (Lipinski definition) is 2. The van der Waals surface area contributed by atoms with Crippen LogP contribution in [0.25, 0.3) is 11.1 Å². The maximum Gasteiger partial charge on any atom is 0.417 e. The second kappa shape index (κ2) is 6.84. The van der Waals surface area contributed by atoms with Gasteiger partial charge in [0.05, 0.1) is 23.4 Å². The van der Waals surface area contributed by atoms with Gasteiger partial charge in [-0.05, 0) is 37.5 Å². The molecule has 2 heterocycles. The highest BCUT2D eigenvalue weighted by Crippen LogP contribution is 2.27. The fraction of sp³-hybridized carbons (Fsp3) is 0.500. The van der Waals surface area contributed by atoms with Gasteiger partial charge < -0.3 is 9.73 Å². The zero-order valence-corrected chi connectivity index (χ0v) is 14.4. The largest absolute Gasteiger partial charge is 0.417 e. The molecular formula is C18H23N5O2. The van der Waals surface area contributed by atoms with E-state index in [1.807, 2.05) is 22.9 Å². The monoisotopic (exact) mass is 341 g/mol. The van der Waals surface area contributed by atoms with Crippen LogP contribution in [0, 0.1) is 0 Å². The van der Waals surface area contributed by atoms with Gasteiger partial charge in [0.1, 0.15) is 0 Å². The number of hydrogen-bond acceptors (Lipinski definition) is 5. The maximum atomic E-state index is 11.3. The first-order chi connectivity index (χ1) is 12.2. The summed E-state index contributed by atoms with van der Waals surface area (Å²) in [6.07, 6.45) is 8.37. The van der Waals surface area contributed by atoms with Gasteiger partial charge >= 0.3 is 5.76 Å². The van der Waals surface area contributed by atoms with E-state index >= 15 is 0 Å². The standard InChI is InChI=1S/C18H23N5O2/c1-12(13-7-8-16-17(9-13)25-18(24)20-16)19-10-14-11-23(22-21-14)15-5-3-2-4-6-15/h7-9,11-12,15,19H,2-6,10H2,1H3,(H,20,24). The van der Waals surface area contributed by atoms with Crippen molar-refractivity contribution < 1.29 is 4.42 Å². The van der Waals surface area contributed by atoms with Gasteiger partial charge in [-0.15, -0.1) is 5.10 Å². The molecule has 1 aromatic carbocycles. The molecule has 1 aliphatic carbocycles. The third-order valence-corrected chi connectivity index (χ3v) is 5.04. The van der Waals surface area contributed by atoms with Gasteiger partial charge in [0.2, 0.25) is 0 Å². The molecule has 2 aromatic heterocycles. The van der Waals surface area contributed by atoms with Crippen LogP contribution in [-0.2, 0) is 6.54 Å². The van der Waals surface area contributed by atoms with E-state index in [2.05, 4.69) is 33.7 Å². The van der Waals surface area contributed by atoms with Crippen molar-refractivity contribution in [1.82, 2.24) is 25.3 Å². The molecule has 1 atom stereocenters. The lowest BCUT2D eigenvalue weighted by atomic mass is 9.96. The van der Waals surface area contributed by atoms with Crippen LogP contribution in [0.4, 0.5) is 0 Å². The minimum atomic E-state index is -0.424. The fourth-order valence-electron chi connectivity index (χ4n) is 3.53. The molecule has 2 N–H and O–H groups in total. The molecule has 4 rings (SSSR count). The van der Waals surface area contributed by atoms with E-state index < -0.39 is 5.76 Å². The normalized spacial score (nSPS) is 17.2. The molecule has 0 aliphatic heterocycles. The Balaban J connectivity index is 1.39. The third-order valence-electron chi connectivity index (χ3n) is 5.04. The smallest absolute Gasteiger partial charge is 0.408 e. The van der Waals surface area contributed by atoms with Crippen molar-refractivity contribution in [2.24, 2.45) is 0 Å². The first kappa shape index (κ1) is 16.1. The van der Waals surface area contributed by atoms with Crippen molar-refractivity contribution >= 4 is 11.1 Å². The SMILES string of the molecule is CC(NCc1cn(C2CCCCC2)nn1)c1ccc2[nH]c(=O)oc2c1. The lowest BCUT2D eigenvalue weighted by Gasteiger charge is -2.21. The van der Waals surface area contributed by atoms with Crippen molar-refractivity contribution in [2.75, 3.05) is 0 Å². The lowest BCUT2D eigenvalue weighted by molar-refractivity contribution is 0.324. The second-order valence-corrected chi connectivity index (χ2v) is 6.85. The number of aromatic amines is 1. The lowest BCUT2D eigenvalue weighted by Crippen LogP contribution is -2.18. The van der Waals surface area contributed by atoms with Crippen LogP contribution in [0.1, 0.15) is 62.4 Å². The highest BCUT2D eigenvalue weighted by atomic mass is 16.4. The Morgan fingerprint density at radius 2 is 2.20 bits per heavy atom. The molecule has 132 valence electrons. The molecule has 1 aliphatic rings. The summed E-state index contributed by atoms with van der Waals surface area (Å²) < 4.78 is 7.16. The minimum Gasteiger partial charge on any atom is -0.408 e. The summed E-state index contributed by atoms with van der Waals surface area (Å²) in [5, 5.41) is 12.1. The molecule has 1 unspecified atom stereocenters. The Morgan fingerprint density at radius 3 is 3.04 bits per heavy atom. The van der Waals surface area contributed by atoms with Crippen LogP contribution in [0.5, 0.6) is 0 Å². The fourth-order valence-corrected chi connectivity index (χ4v) is 3.53. The Hall–Kier alpha value is -2.41. The van der Waals surface area contributed by atoms with E-state index in [0.717, 1.165) is 16.8 Å². The molecular weight excluding hydrogens is 318 g/mol. The first-order valence-corrected chi connectivity index (χ1v) is 8.96. The number of nitrogens with zero attached hydrogens (tertiary/aromatic N) is 3. The molecule has 0 saturated heterocycles. The topological polar surface area (TPSA) is 88.7 Å². The molecule has 7 heteroatoms. The highest BCUT2D eigenvalue weighted by molar-refractivity contribution is 5.72. The molecule has 25 heavy (non-hydrogen) atoms. The predicted octanol–water partition coefficient (Wildman–Crippen LogP) is 3.07. The number of nitrogens with one attached hydrogen (secondary N) is 2. The summed E-state index contributed by atoms with van der Waals surface area (Å²) in [6, 6.07) is 6.37. The number of H-pyrrole nitrogens is 1. The van der Waals surface area contributed by atoms with Crippen molar-refractivity contribution in [3.8, 4) is 0 Å². The van der Waals surface area contributed by atoms with Crippen LogP contribution in [-0.4, -0.2) is 20.0 Å². The van der Waals surface area contributed by atoms with Gasteiger partial charge in [-0.3, -0.25) is 4.98 Å². The van der Waals surface area contributed by atoms with Crippen molar-refractivity contribution in [3.05, 3.63) is 46.2 Å². The van der Waals surface area contributed by atoms with Gasteiger partial charge in [-0.25, -0.2) is 9.48 Å². The number of oxazole rings is 1. The number of fused-ring (bicyclic) bond motifs is 1. The summed E-state index contributed by atoms with van der Waals surface area (Å²) in [4.78, 5) is 13.9. The van der Waals surface area contributed by atoms with E-state index in [1.165, 1.54) is 32.1 Å². The highest BCUT2D eigenvalue weighted by Gasteiger charge is 2.17. The number of benzene rings is 1. The average Bonchev–Trinajstić information content (AvgIpc) is 3.25. The Labute approximate surface area is 145 Å². The third kappa shape index (κ3) is 3.51. The van der Waals surface area contributed by atoms with Crippen LogP contribution in [0.2, 0.25) is 0 Å². The molecule has 3 aromatic rings. The van der Waals surface area contributed by atoms with Crippen LogP contribution < -0.4 is 11.1 Å². The van der Waals surface area contributed by atoms with Crippen molar-refractivity contribution in [1.29, 1.82) is 0 Å². The summed E-state index contributed by atoms with van der Waals surface area (Å²) in [5.41, 5.74) is 3.32. The maximum absolute atomic E-state index is 11.3. The predicted molar refractivity (Wildman–Crippen MR) is 94.2 cm³/mol. The van der Waals surface area contributed by atoms with Crippen LogP contribution in [0.15, 0.2) is 33.6 Å². The van der Waals surface area contributed by atoms with Crippen LogP contribution in [0.3, 0.4) is 0 Å². The van der Waals surface area contributed by atoms with E-state index in [9.17, 15) is 4.79 Å². The molecule has 1 fully saturated rings. The van der Waals surface area contributed by atoms with Gasteiger partial charge in [0.15, 0.2) is 5.58 Å². The zero-order valence-electron chi connectivity index (χ0n) is 14.4. The molecule has 7 nitrogen and oxygen atoms in total. The van der Waals surface area contributed by atoms with E-state index in [4.69, 9.17) is 4.42 Å². The summed E-state index contributed by atoms with van der Waals surface area (Å²) in [6.45, 7) is 2.74. The van der Waals surface area contributed by atoms with Gasteiger partial charge in [0.25, 0.3) is 0 Å². The van der Waals surface area contributed by atoms with Gasteiger partial charge in [-0.1, -0.05) is 30.5 Å². The average molecular weight is 341 g/mol. The Kier molecular flexibility index (Phi) is 4.40. The second-order valence-electron chi connectivity index (χ2n) is 6.85. The van der Waals surface area contributed by atoms with E-state index in [-0.39, 0.29) is 6.04 Å². The number of aromatic nitrogens is 4. The quantitative estimate of drug-likeness (QED) is 0.744. The molecule has 0 amide bonds. The van der Waals surface area contributed by atoms with E-state index in [0.29, 0.717) is 18.2 Å². The molecule has 0 radical (unpaired) electrons. The zero-order chi connectivity index (χ0) is 17.2. The van der Waals surface area contributed by atoms with Crippen LogP contribution >= 0.6 is 0 Å². The molecule has 0 bridgehead atoms. The molecule has 0 spiro atoms.